The van der Waals surface area contributed by atoms with Gasteiger partial charge in [-0.2, -0.15) is 0 Å². The molecule has 0 spiro atoms. The first-order valence-corrected chi connectivity index (χ1v) is 9.63. The quantitative estimate of drug-likeness (QED) is 0.567. The zero-order chi connectivity index (χ0) is 19.9. The van der Waals surface area contributed by atoms with Crippen LogP contribution in [-0.4, -0.2) is 29.2 Å². The number of imidazole rings is 1. The molecular weight excluding hydrogens is 354 g/mol. The van der Waals surface area contributed by atoms with Crippen molar-refractivity contribution in [1.82, 2.24) is 14.9 Å². The van der Waals surface area contributed by atoms with Crippen molar-refractivity contribution in [1.29, 1.82) is 0 Å². The van der Waals surface area contributed by atoms with Crippen LogP contribution in [0.25, 0.3) is 11.0 Å². The molecule has 0 radical (unpaired) electrons. The van der Waals surface area contributed by atoms with Gasteiger partial charge in [0.15, 0.2) is 0 Å². The molecule has 0 bridgehead atoms. The highest BCUT2D eigenvalue weighted by atomic mass is 16.5. The van der Waals surface area contributed by atoms with Gasteiger partial charge in [0.25, 0.3) is 0 Å². The number of carbonyl (C=O) groups excluding carboxylic acids is 1. The maximum absolute atomic E-state index is 11.8. The average molecular weight is 381 g/mol. The van der Waals surface area contributed by atoms with Crippen molar-refractivity contribution in [3.63, 3.8) is 0 Å². The molecule has 0 aliphatic rings. The molecule has 1 unspecified atom stereocenters. The van der Waals surface area contributed by atoms with Crippen LogP contribution in [0.3, 0.4) is 0 Å². The smallest absolute Gasteiger partial charge is 0.220 e. The van der Waals surface area contributed by atoms with E-state index in [1.807, 2.05) is 56.3 Å². The van der Waals surface area contributed by atoms with Gasteiger partial charge >= 0.3 is 0 Å². The van der Waals surface area contributed by atoms with Gasteiger partial charge in [-0.3, -0.25) is 4.79 Å². The molecule has 0 aliphatic carbocycles. The summed E-state index contributed by atoms with van der Waals surface area (Å²) in [6.45, 7) is 5.17. The van der Waals surface area contributed by atoms with Crippen LogP contribution in [-0.2, 0) is 11.3 Å². The lowest BCUT2D eigenvalue weighted by Gasteiger charge is -2.16. The van der Waals surface area contributed by atoms with E-state index in [-0.39, 0.29) is 11.9 Å². The van der Waals surface area contributed by atoms with Crippen LogP contribution in [0.4, 0.5) is 0 Å². The van der Waals surface area contributed by atoms with Crippen LogP contribution in [0.1, 0.15) is 38.6 Å². The van der Waals surface area contributed by atoms with E-state index in [0.29, 0.717) is 13.0 Å². The van der Waals surface area contributed by atoms with E-state index in [2.05, 4.69) is 16.0 Å². The number of ether oxygens (including phenoxy) is 2. The molecule has 0 fully saturated rings. The molecule has 1 N–H and O–H groups in total. The van der Waals surface area contributed by atoms with Crippen molar-refractivity contribution < 1.29 is 14.3 Å². The molecule has 6 nitrogen and oxygen atoms in total. The van der Waals surface area contributed by atoms with Crippen molar-refractivity contribution >= 4 is 16.9 Å². The van der Waals surface area contributed by atoms with Gasteiger partial charge in [0, 0.05) is 13.0 Å². The van der Waals surface area contributed by atoms with E-state index < -0.39 is 0 Å². The Hall–Kier alpha value is -3.02. The van der Waals surface area contributed by atoms with E-state index in [9.17, 15) is 4.79 Å². The number of benzene rings is 2. The first kappa shape index (κ1) is 19.7. The summed E-state index contributed by atoms with van der Waals surface area (Å²) < 4.78 is 13.2. The zero-order valence-corrected chi connectivity index (χ0v) is 16.6. The van der Waals surface area contributed by atoms with Gasteiger partial charge < -0.3 is 19.4 Å². The third kappa shape index (κ3) is 4.63. The standard InChI is InChI=1S/C22H27N3O3/c1-4-21(26)23-16(2)22-24-19-8-5-6-9-20(19)25(22)14-7-15-28-18-12-10-17(27-3)11-13-18/h5-6,8-13,16H,4,7,14-15H2,1-3H3,(H,23,26). The lowest BCUT2D eigenvalue weighted by molar-refractivity contribution is -0.121. The topological polar surface area (TPSA) is 65.4 Å². The van der Waals surface area contributed by atoms with E-state index in [1.165, 1.54) is 0 Å². The summed E-state index contributed by atoms with van der Waals surface area (Å²) in [6.07, 6.45) is 1.29. The normalized spacial score (nSPS) is 12.0. The highest BCUT2D eigenvalue weighted by Gasteiger charge is 2.17. The van der Waals surface area contributed by atoms with E-state index in [0.717, 1.165) is 41.3 Å². The predicted molar refractivity (Wildman–Crippen MR) is 110 cm³/mol. The Balaban J connectivity index is 1.68. The first-order chi connectivity index (χ1) is 13.6. The molecule has 28 heavy (non-hydrogen) atoms. The lowest BCUT2D eigenvalue weighted by Crippen LogP contribution is -2.28. The average Bonchev–Trinajstić information content (AvgIpc) is 3.10. The molecule has 1 aromatic heterocycles. The molecule has 1 heterocycles. The zero-order valence-electron chi connectivity index (χ0n) is 16.6. The minimum absolute atomic E-state index is 0.0222. The van der Waals surface area contributed by atoms with Gasteiger partial charge in [0.05, 0.1) is 30.8 Å². The number of nitrogens with one attached hydrogen (secondary N) is 1. The van der Waals surface area contributed by atoms with E-state index >= 15 is 0 Å². The molecule has 148 valence electrons. The number of amides is 1. The summed E-state index contributed by atoms with van der Waals surface area (Å²) in [5.74, 6) is 2.52. The molecule has 1 amide bonds. The number of hydrogen-bond acceptors (Lipinski definition) is 4. The van der Waals surface area contributed by atoms with Crippen LogP contribution in [0.15, 0.2) is 48.5 Å². The van der Waals surface area contributed by atoms with Crippen molar-refractivity contribution in [2.45, 2.75) is 39.3 Å². The Bertz CT molecular complexity index is 918. The Morgan fingerprint density at radius 1 is 1.14 bits per heavy atom. The van der Waals surface area contributed by atoms with Crippen molar-refractivity contribution in [2.75, 3.05) is 13.7 Å². The van der Waals surface area contributed by atoms with Crippen molar-refractivity contribution in [2.24, 2.45) is 0 Å². The SMILES string of the molecule is CCC(=O)NC(C)c1nc2ccccc2n1CCCOc1ccc(OC)cc1. The van der Waals surface area contributed by atoms with Gasteiger partial charge in [-0.05, 0) is 49.7 Å². The molecular formula is C22H27N3O3. The lowest BCUT2D eigenvalue weighted by atomic mass is 10.2. The second kappa shape index (κ2) is 9.26. The van der Waals surface area contributed by atoms with Crippen LogP contribution in [0.2, 0.25) is 0 Å². The summed E-state index contributed by atoms with van der Waals surface area (Å²) in [4.78, 5) is 16.6. The monoisotopic (exact) mass is 381 g/mol. The van der Waals surface area contributed by atoms with Crippen LogP contribution in [0, 0.1) is 0 Å². The molecule has 6 heteroatoms. The number of nitrogens with zero attached hydrogens (tertiary/aromatic N) is 2. The van der Waals surface area contributed by atoms with E-state index in [1.54, 1.807) is 7.11 Å². The number of hydrogen-bond donors (Lipinski definition) is 1. The van der Waals surface area contributed by atoms with Crippen molar-refractivity contribution in [3.8, 4) is 11.5 Å². The molecule has 3 rings (SSSR count). The Kier molecular flexibility index (Phi) is 6.53. The van der Waals surface area contributed by atoms with Gasteiger partial charge in [-0.15, -0.1) is 0 Å². The van der Waals surface area contributed by atoms with Crippen LogP contribution in [0.5, 0.6) is 11.5 Å². The number of rotatable bonds is 9. The molecule has 2 aromatic carbocycles. The van der Waals surface area contributed by atoms with Gasteiger partial charge in [-0.1, -0.05) is 19.1 Å². The summed E-state index contributed by atoms with van der Waals surface area (Å²) in [6, 6.07) is 15.5. The van der Waals surface area contributed by atoms with Crippen LogP contribution < -0.4 is 14.8 Å². The number of aromatic nitrogens is 2. The number of para-hydroxylation sites is 2. The largest absolute Gasteiger partial charge is 0.497 e. The van der Waals surface area contributed by atoms with Crippen LogP contribution >= 0.6 is 0 Å². The maximum atomic E-state index is 11.8. The third-order valence-corrected chi connectivity index (χ3v) is 4.62. The number of aryl methyl sites for hydroxylation is 1. The summed E-state index contributed by atoms with van der Waals surface area (Å²) in [5.41, 5.74) is 2.01. The number of fused-ring (bicyclic) bond motifs is 1. The van der Waals surface area contributed by atoms with Gasteiger partial charge in [0.1, 0.15) is 17.3 Å². The Morgan fingerprint density at radius 2 is 1.86 bits per heavy atom. The minimum atomic E-state index is -0.151. The maximum Gasteiger partial charge on any atom is 0.220 e. The summed E-state index contributed by atoms with van der Waals surface area (Å²) >= 11 is 0. The molecule has 1 atom stereocenters. The highest BCUT2D eigenvalue weighted by Crippen LogP contribution is 2.22. The second-order valence-corrected chi connectivity index (χ2v) is 6.63. The molecule has 0 saturated carbocycles. The fraction of sp³-hybridized carbons (Fsp3) is 0.364. The highest BCUT2D eigenvalue weighted by molar-refractivity contribution is 5.77. The fourth-order valence-electron chi connectivity index (χ4n) is 3.15. The summed E-state index contributed by atoms with van der Waals surface area (Å²) in [7, 11) is 1.65. The predicted octanol–water partition coefficient (Wildman–Crippen LogP) is 4.10. The Morgan fingerprint density at radius 3 is 2.57 bits per heavy atom. The van der Waals surface area contributed by atoms with Gasteiger partial charge in [0.2, 0.25) is 5.91 Å². The fourth-order valence-corrected chi connectivity index (χ4v) is 3.15. The second-order valence-electron chi connectivity index (χ2n) is 6.63. The number of methoxy groups -OCH3 is 1. The first-order valence-electron chi connectivity index (χ1n) is 9.63. The number of carbonyl (C=O) groups is 1. The van der Waals surface area contributed by atoms with Crippen molar-refractivity contribution in [3.05, 3.63) is 54.4 Å². The van der Waals surface area contributed by atoms with E-state index in [4.69, 9.17) is 14.5 Å². The van der Waals surface area contributed by atoms with Gasteiger partial charge in [-0.25, -0.2) is 4.98 Å². The minimum Gasteiger partial charge on any atom is -0.497 e. The molecule has 3 aromatic rings. The molecule has 0 saturated heterocycles. The summed E-state index contributed by atoms with van der Waals surface area (Å²) in [5, 5.41) is 3.01. The Labute approximate surface area is 165 Å². The molecule has 0 aliphatic heterocycles. The third-order valence-electron chi connectivity index (χ3n) is 4.62.